The minimum atomic E-state index is -0.679. The molecule has 27 heavy (non-hydrogen) atoms. The Morgan fingerprint density at radius 1 is 1.19 bits per heavy atom. The van der Waals surface area contributed by atoms with Crippen LogP contribution in [0.25, 0.3) is 0 Å². The normalized spacial score (nSPS) is 15.5. The second-order valence-corrected chi connectivity index (χ2v) is 7.30. The van der Waals surface area contributed by atoms with Gasteiger partial charge in [-0.1, -0.05) is 13.8 Å². The number of hydrogen-bond acceptors (Lipinski definition) is 6. The van der Waals surface area contributed by atoms with Gasteiger partial charge in [0.2, 0.25) is 0 Å². The van der Waals surface area contributed by atoms with E-state index in [0.717, 1.165) is 25.3 Å². The highest BCUT2D eigenvalue weighted by Crippen LogP contribution is 2.18. The van der Waals surface area contributed by atoms with Crippen LogP contribution < -0.4 is 10.2 Å². The van der Waals surface area contributed by atoms with Crippen LogP contribution in [0.15, 0.2) is 18.3 Å². The second kappa shape index (κ2) is 10.9. The predicted octanol–water partition coefficient (Wildman–Crippen LogP) is 3.00. The molecular formula is C20H31N3O4. The van der Waals surface area contributed by atoms with Crippen molar-refractivity contribution in [3.8, 4) is 0 Å². The van der Waals surface area contributed by atoms with Crippen LogP contribution in [0.4, 0.5) is 11.5 Å². The zero-order valence-corrected chi connectivity index (χ0v) is 16.6. The number of ether oxygens (including phenoxy) is 2. The molecule has 1 aliphatic rings. The van der Waals surface area contributed by atoms with Crippen molar-refractivity contribution in [2.24, 2.45) is 5.92 Å². The largest absolute Gasteiger partial charge is 0.454 e. The summed E-state index contributed by atoms with van der Waals surface area (Å²) < 4.78 is 10.4. The summed E-state index contributed by atoms with van der Waals surface area (Å²) in [5.41, 5.74) is 0.582. The Hall–Kier alpha value is -2.15. The third-order valence-electron chi connectivity index (χ3n) is 4.45. The Labute approximate surface area is 161 Å². The van der Waals surface area contributed by atoms with Gasteiger partial charge in [-0.15, -0.1) is 0 Å². The highest BCUT2D eigenvalue weighted by Gasteiger charge is 2.17. The summed E-state index contributed by atoms with van der Waals surface area (Å²) in [6.45, 7) is 8.00. The van der Waals surface area contributed by atoms with Crippen LogP contribution in [0.5, 0.6) is 0 Å². The Morgan fingerprint density at radius 3 is 2.56 bits per heavy atom. The molecule has 0 radical (unpaired) electrons. The zero-order chi connectivity index (χ0) is 19.6. The molecule has 0 bridgehead atoms. The molecule has 7 heteroatoms. The van der Waals surface area contributed by atoms with E-state index < -0.39 is 18.0 Å². The molecule has 0 saturated carbocycles. The van der Waals surface area contributed by atoms with Gasteiger partial charge >= 0.3 is 5.97 Å². The Balaban J connectivity index is 1.71. The number of hydrogen-bond donors (Lipinski definition) is 1. The summed E-state index contributed by atoms with van der Waals surface area (Å²) in [4.78, 5) is 30.5. The molecule has 0 aliphatic carbocycles. The highest BCUT2D eigenvalue weighted by atomic mass is 16.6. The molecule has 0 spiro atoms. The molecule has 2 rings (SSSR count). The smallest absolute Gasteiger partial charge is 0.335 e. The third kappa shape index (κ3) is 7.54. The molecule has 1 amide bonds. The lowest BCUT2D eigenvalue weighted by molar-refractivity contribution is -0.158. The minimum Gasteiger partial charge on any atom is -0.454 e. The van der Waals surface area contributed by atoms with E-state index in [2.05, 4.69) is 29.0 Å². The van der Waals surface area contributed by atoms with Crippen LogP contribution in [-0.2, 0) is 19.1 Å². The first kappa shape index (κ1) is 21.2. The number of carbonyl (C=O) groups excluding carboxylic acids is 2. The van der Waals surface area contributed by atoms with E-state index in [1.54, 1.807) is 13.1 Å². The number of carbonyl (C=O) groups is 2. The van der Waals surface area contributed by atoms with E-state index in [9.17, 15) is 9.59 Å². The summed E-state index contributed by atoms with van der Waals surface area (Å²) in [6, 6.07) is 3.71. The predicted molar refractivity (Wildman–Crippen MR) is 105 cm³/mol. The molecule has 150 valence electrons. The van der Waals surface area contributed by atoms with Gasteiger partial charge in [-0.2, -0.15) is 0 Å². The SMILES string of the molecule is CC(C)CCOC(C)C(=O)OCC(=O)Nc1ccc(N2CCCCC2)nc1. The van der Waals surface area contributed by atoms with Crippen molar-refractivity contribution in [1.29, 1.82) is 0 Å². The fourth-order valence-electron chi connectivity index (χ4n) is 2.77. The number of piperidine rings is 1. The van der Waals surface area contributed by atoms with Crippen LogP contribution in [0.1, 0.15) is 46.5 Å². The fraction of sp³-hybridized carbons (Fsp3) is 0.650. The molecule has 1 aromatic heterocycles. The van der Waals surface area contributed by atoms with E-state index >= 15 is 0 Å². The standard InChI is InChI=1S/C20H31N3O4/c1-15(2)9-12-26-16(3)20(25)27-14-19(24)22-17-7-8-18(21-13-17)23-10-5-4-6-11-23/h7-8,13,15-16H,4-6,9-12,14H2,1-3H3,(H,22,24). The number of anilines is 2. The van der Waals surface area contributed by atoms with Crippen molar-refractivity contribution in [2.75, 3.05) is 36.5 Å². The number of rotatable bonds is 9. The Kier molecular flexibility index (Phi) is 8.51. The average molecular weight is 377 g/mol. The van der Waals surface area contributed by atoms with Crippen LogP contribution in [0.2, 0.25) is 0 Å². The Morgan fingerprint density at radius 2 is 1.93 bits per heavy atom. The monoisotopic (exact) mass is 377 g/mol. The molecule has 1 aliphatic heterocycles. The summed E-state index contributed by atoms with van der Waals surface area (Å²) in [7, 11) is 0. The number of nitrogens with one attached hydrogen (secondary N) is 1. The lowest BCUT2D eigenvalue weighted by Gasteiger charge is -2.27. The van der Waals surface area contributed by atoms with Gasteiger partial charge in [-0.25, -0.2) is 9.78 Å². The fourth-order valence-corrected chi connectivity index (χ4v) is 2.77. The van der Waals surface area contributed by atoms with Crippen LogP contribution in [0, 0.1) is 5.92 Å². The van der Waals surface area contributed by atoms with E-state index in [-0.39, 0.29) is 6.61 Å². The van der Waals surface area contributed by atoms with Gasteiger partial charge in [0.1, 0.15) is 5.82 Å². The van der Waals surface area contributed by atoms with Gasteiger partial charge in [0, 0.05) is 19.7 Å². The van der Waals surface area contributed by atoms with Crippen molar-refractivity contribution in [2.45, 2.75) is 52.6 Å². The van der Waals surface area contributed by atoms with Crippen molar-refractivity contribution in [3.63, 3.8) is 0 Å². The topological polar surface area (TPSA) is 80.8 Å². The Bertz CT molecular complexity index is 598. The lowest BCUT2D eigenvalue weighted by atomic mass is 10.1. The first-order valence-electron chi connectivity index (χ1n) is 9.75. The van der Waals surface area contributed by atoms with Gasteiger partial charge in [0.15, 0.2) is 12.7 Å². The molecule has 1 N–H and O–H groups in total. The van der Waals surface area contributed by atoms with Gasteiger partial charge in [-0.05, 0) is 50.7 Å². The maximum absolute atomic E-state index is 12.0. The summed E-state index contributed by atoms with van der Waals surface area (Å²) in [5.74, 6) is 0.498. The van der Waals surface area contributed by atoms with E-state index in [0.29, 0.717) is 18.2 Å². The lowest BCUT2D eigenvalue weighted by Crippen LogP contribution is -2.30. The molecule has 1 unspecified atom stereocenters. The molecule has 0 aromatic carbocycles. The van der Waals surface area contributed by atoms with Crippen molar-refractivity contribution >= 4 is 23.4 Å². The third-order valence-corrected chi connectivity index (χ3v) is 4.45. The maximum atomic E-state index is 12.0. The quantitative estimate of drug-likeness (QED) is 0.666. The summed E-state index contributed by atoms with van der Waals surface area (Å²) >= 11 is 0. The van der Waals surface area contributed by atoms with Gasteiger partial charge in [-0.3, -0.25) is 4.79 Å². The molecular weight excluding hydrogens is 346 g/mol. The molecule has 2 heterocycles. The first-order valence-corrected chi connectivity index (χ1v) is 9.75. The van der Waals surface area contributed by atoms with Crippen LogP contribution in [-0.4, -0.2) is 49.3 Å². The van der Waals surface area contributed by atoms with Crippen LogP contribution >= 0.6 is 0 Å². The van der Waals surface area contributed by atoms with E-state index in [1.165, 1.54) is 19.3 Å². The summed E-state index contributed by atoms with van der Waals surface area (Å²) in [6.07, 6.45) is 5.46. The van der Waals surface area contributed by atoms with Crippen molar-refractivity contribution < 1.29 is 19.1 Å². The number of nitrogens with zero attached hydrogens (tertiary/aromatic N) is 2. The van der Waals surface area contributed by atoms with Gasteiger partial charge < -0.3 is 19.7 Å². The molecule has 7 nitrogen and oxygen atoms in total. The van der Waals surface area contributed by atoms with E-state index in [1.807, 2.05) is 12.1 Å². The van der Waals surface area contributed by atoms with Crippen LogP contribution in [0.3, 0.4) is 0 Å². The van der Waals surface area contributed by atoms with E-state index in [4.69, 9.17) is 9.47 Å². The first-order chi connectivity index (χ1) is 13.0. The van der Waals surface area contributed by atoms with Crippen molar-refractivity contribution in [1.82, 2.24) is 4.98 Å². The molecule has 1 saturated heterocycles. The zero-order valence-electron chi connectivity index (χ0n) is 16.6. The number of amides is 1. The highest BCUT2D eigenvalue weighted by molar-refractivity contribution is 5.92. The van der Waals surface area contributed by atoms with Crippen molar-refractivity contribution in [3.05, 3.63) is 18.3 Å². The number of esters is 1. The van der Waals surface area contributed by atoms with Gasteiger partial charge in [0.05, 0.1) is 11.9 Å². The molecule has 1 aromatic rings. The number of pyridine rings is 1. The summed E-state index contributed by atoms with van der Waals surface area (Å²) in [5, 5.41) is 2.69. The maximum Gasteiger partial charge on any atom is 0.335 e. The number of aromatic nitrogens is 1. The second-order valence-electron chi connectivity index (χ2n) is 7.30. The van der Waals surface area contributed by atoms with Gasteiger partial charge in [0.25, 0.3) is 5.91 Å². The minimum absolute atomic E-state index is 0.343. The molecule has 1 fully saturated rings. The average Bonchev–Trinajstić information content (AvgIpc) is 2.67. The molecule has 1 atom stereocenters.